The molecule has 0 unspecified atom stereocenters. The number of oxime groups is 1. The van der Waals surface area contributed by atoms with Crippen LogP contribution in [0.15, 0.2) is 71.9 Å². The molecule has 3 rings (SSSR count). The fraction of sp³-hybridized carbons (Fsp3) is 0.0909. The molecule has 7 heteroatoms. The van der Waals surface area contributed by atoms with E-state index in [1.807, 2.05) is 54.6 Å². The normalized spacial score (nSPS) is 10.8. The lowest BCUT2D eigenvalue weighted by molar-refractivity contribution is -0.142. The minimum Gasteiger partial charge on any atom is -0.489 e. The molecule has 3 aromatic carbocycles. The number of aliphatic carboxylic acids is 1. The number of benzene rings is 3. The molecule has 0 saturated heterocycles. The molecule has 3 aromatic rings. The summed E-state index contributed by atoms with van der Waals surface area (Å²) in [4.78, 5) is 15.2. The van der Waals surface area contributed by atoms with E-state index >= 15 is 0 Å². The van der Waals surface area contributed by atoms with Crippen molar-refractivity contribution < 1.29 is 19.5 Å². The van der Waals surface area contributed by atoms with Gasteiger partial charge in [0.25, 0.3) is 0 Å². The molecule has 0 saturated carbocycles. The summed E-state index contributed by atoms with van der Waals surface area (Å²) in [5.41, 5.74) is 3.63. The molecule has 0 amide bonds. The molecule has 0 spiro atoms. The first-order chi connectivity index (χ1) is 14.0. The van der Waals surface area contributed by atoms with Gasteiger partial charge in [-0.3, -0.25) is 0 Å². The van der Waals surface area contributed by atoms with Crippen LogP contribution in [0.3, 0.4) is 0 Å². The number of nitrogens with zero attached hydrogens (tertiary/aromatic N) is 1. The van der Waals surface area contributed by atoms with Crippen LogP contribution in [0.1, 0.15) is 11.1 Å². The zero-order chi connectivity index (χ0) is 20.6. The fourth-order valence-electron chi connectivity index (χ4n) is 2.59. The summed E-state index contributed by atoms with van der Waals surface area (Å²) in [6, 6.07) is 20.6. The number of halogens is 2. The Hall–Kier alpha value is -3.02. The number of rotatable bonds is 8. The summed E-state index contributed by atoms with van der Waals surface area (Å²) in [5.74, 6) is -0.359. The molecular formula is C22H17Cl2NO4. The number of carboxylic acids is 1. The second-order valence-corrected chi connectivity index (χ2v) is 6.86. The van der Waals surface area contributed by atoms with E-state index in [4.69, 9.17) is 37.9 Å². The number of carboxylic acid groups (broad SMARTS) is 1. The van der Waals surface area contributed by atoms with Gasteiger partial charge in [0.2, 0.25) is 6.61 Å². The van der Waals surface area contributed by atoms with Gasteiger partial charge in [-0.05, 0) is 41.0 Å². The first-order valence-corrected chi connectivity index (χ1v) is 9.42. The molecule has 5 nitrogen and oxygen atoms in total. The Kier molecular flexibility index (Phi) is 7.11. The maximum atomic E-state index is 10.5. The second-order valence-electron chi connectivity index (χ2n) is 6.05. The highest BCUT2D eigenvalue weighted by atomic mass is 35.5. The van der Waals surface area contributed by atoms with E-state index < -0.39 is 12.6 Å². The monoisotopic (exact) mass is 429 g/mol. The van der Waals surface area contributed by atoms with E-state index in [1.165, 1.54) is 6.21 Å². The van der Waals surface area contributed by atoms with Crippen molar-refractivity contribution in [2.45, 2.75) is 6.61 Å². The maximum Gasteiger partial charge on any atom is 0.344 e. The minimum atomic E-state index is -1.08. The lowest BCUT2D eigenvalue weighted by Gasteiger charge is -2.09. The van der Waals surface area contributed by atoms with Gasteiger partial charge in [-0.1, -0.05) is 70.8 Å². The molecule has 0 radical (unpaired) electrons. The van der Waals surface area contributed by atoms with E-state index in [-0.39, 0.29) is 0 Å². The Labute approximate surface area is 178 Å². The Balaban J connectivity index is 1.68. The maximum absolute atomic E-state index is 10.5. The molecule has 0 fully saturated rings. The van der Waals surface area contributed by atoms with Crippen LogP contribution in [-0.4, -0.2) is 23.9 Å². The van der Waals surface area contributed by atoms with Gasteiger partial charge in [0.1, 0.15) is 12.4 Å². The van der Waals surface area contributed by atoms with Crippen molar-refractivity contribution in [1.29, 1.82) is 0 Å². The fourth-order valence-corrected chi connectivity index (χ4v) is 2.91. The lowest BCUT2D eigenvalue weighted by atomic mass is 10.0. The predicted molar refractivity (Wildman–Crippen MR) is 114 cm³/mol. The van der Waals surface area contributed by atoms with Crippen LogP contribution in [0, 0.1) is 0 Å². The van der Waals surface area contributed by atoms with Crippen molar-refractivity contribution in [2.24, 2.45) is 5.16 Å². The highest BCUT2D eigenvalue weighted by Crippen LogP contribution is 2.26. The van der Waals surface area contributed by atoms with Crippen LogP contribution in [0.5, 0.6) is 5.75 Å². The third kappa shape index (κ3) is 5.98. The number of hydrogen-bond acceptors (Lipinski definition) is 4. The molecular weight excluding hydrogens is 413 g/mol. The third-order valence-corrected chi connectivity index (χ3v) is 4.71. The molecule has 1 N–H and O–H groups in total. The number of hydrogen-bond donors (Lipinski definition) is 1. The quantitative estimate of drug-likeness (QED) is 0.369. The summed E-state index contributed by atoms with van der Waals surface area (Å²) in [6.45, 7) is -0.107. The molecule has 148 valence electrons. The summed E-state index contributed by atoms with van der Waals surface area (Å²) in [7, 11) is 0. The van der Waals surface area contributed by atoms with E-state index in [0.717, 1.165) is 28.0 Å². The highest BCUT2D eigenvalue weighted by Gasteiger charge is 2.05. The Morgan fingerprint density at radius 2 is 1.76 bits per heavy atom. The van der Waals surface area contributed by atoms with Crippen molar-refractivity contribution in [3.05, 3.63) is 87.9 Å². The average molecular weight is 430 g/mol. The molecule has 0 bridgehead atoms. The average Bonchev–Trinajstić information content (AvgIpc) is 2.73. The van der Waals surface area contributed by atoms with Gasteiger partial charge in [0, 0.05) is 5.56 Å². The predicted octanol–water partition coefficient (Wildman–Crippen LogP) is 5.67. The van der Waals surface area contributed by atoms with Crippen molar-refractivity contribution in [3.63, 3.8) is 0 Å². The van der Waals surface area contributed by atoms with E-state index in [9.17, 15) is 4.79 Å². The van der Waals surface area contributed by atoms with Crippen LogP contribution in [0.4, 0.5) is 0 Å². The van der Waals surface area contributed by atoms with Gasteiger partial charge < -0.3 is 14.7 Å². The summed E-state index contributed by atoms with van der Waals surface area (Å²) in [6.07, 6.45) is 1.49. The topological polar surface area (TPSA) is 68.1 Å². The molecule has 0 aromatic heterocycles. The second kappa shape index (κ2) is 9.96. The van der Waals surface area contributed by atoms with Crippen molar-refractivity contribution in [2.75, 3.05) is 6.61 Å². The van der Waals surface area contributed by atoms with Crippen LogP contribution in [-0.2, 0) is 16.2 Å². The van der Waals surface area contributed by atoms with Gasteiger partial charge >= 0.3 is 5.97 Å². The molecule has 0 aliphatic carbocycles. The van der Waals surface area contributed by atoms with Crippen LogP contribution >= 0.6 is 23.2 Å². The molecule has 0 aliphatic heterocycles. The van der Waals surface area contributed by atoms with E-state index in [0.29, 0.717) is 16.7 Å². The smallest absolute Gasteiger partial charge is 0.344 e. The van der Waals surface area contributed by atoms with Gasteiger partial charge in [-0.2, -0.15) is 0 Å². The summed E-state index contributed by atoms with van der Waals surface area (Å²) in [5, 5.41) is 13.3. The Bertz CT molecular complexity index is 1020. The Morgan fingerprint density at radius 3 is 2.48 bits per heavy atom. The van der Waals surface area contributed by atoms with E-state index in [2.05, 4.69) is 5.16 Å². The van der Waals surface area contributed by atoms with Gasteiger partial charge in [0.05, 0.1) is 16.3 Å². The zero-order valence-corrected chi connectivity index (χ0v) is 16.7. The third-order valence-electron chi connectivity index (χ3n) is 3.97. The Morgan fingerprint density at radius 1 is 1.00 bits per heavy atom. The van der Waals surface area contributed by atoms with Crippen molar-refractivity contribution in [3.8, 4) is 16.9 Å². The first-order valence-electron chi connectivity index (χ1n) is 8.66. The van der Waals surface area contributed by atoms with Crippen molar-refractivity contribution in [1.82, 2.24) is 0 Å². The van der Waals surface area contributed by atoms with Gasteiger partial charge in [-0.25, -0.2) is 4.79 Å². The number of ether oxygens (including phenoxy) is 1. The largest absolute Gasteiger partial charge is 0.489 e. The standard InChI is InChI=1S/C22H17Cl2NO4/c23-20-10-5-15(11-21(20)24)13-28-18-8-6-16(7-9-18)19-4-2-1-3-17(19)12-25-29-14-22(26)27/h1-12H,13-14H2,(H,26,27). The van der Waals surface area contributed by atoms with E-state index in [1.54, 1.807) is 12.1 Å². The summed E-state index contributed by atoms with van der Waals surface area (Å²) >= 11 is 11.9. The van der Waals surface area contributed by atoms with Gasteiger partial charge in [-0.15, -0.1) is 0 Å². The molecule has 0 aliphatic rings. The first kappa shape index (κ1) is 20.7. The van der Waals surface area contributed by atoms with Crippen LogP contribution in [0.2, 0.25) is 10.0 Å². The van der Waals surface area contributed by atoms with Gasteiger partial charge in [0.15, 0.2) is 0 Å². The number of carbonyl (C=O) groups is 1. The SMILES string of the molecule is O=C(O)CON=Cc1ccccc1-c1ccc(OCc2ccc(Cl)c(Cl)c2)cc1. The zero-order valence-electron chi connectivity index (χ0n) is 15.2. The highest BCUT2D eigenvalue weighted by molar-refractivity contribution is 6.42. The molecule has 0 heterocycles. The lowest BCUT2D eigenvalue weighted by Crippen LogP contribution is -2.03. The minimum absolute atomic E-state index is 0.375. The van der Waals surface area contributed by atoms with Crippen molar-refractivity contribution >= 4 is 35.4 Å². The molecule has 29 heavy (non-hydrogen) atoms. The van der Waals surface area contributed by atoms with Crippen LogP contribution < -0.4 is 4.74 Å². The van der Waals surface area contributed by atoms with Crippen LogP contribution in [0.25, 0.3) is 11.1 Å². The summed E-state index contributed by atoms with van der Waals surface area (Å²) < 4.78 is 5.81. The molecule has 0 atom stereocenters.